The van der Waals surface area contributed by atoms with E-state index in [1.165, 1.54) is 4.63 Å². The summed E-state index contributed by atoms with van der Waals surface area (Å²) in [7, 11) is 0. The van der Waals surface area contributed by atoms with Gasteiger partial charge in [0.25, 0.3) is 0 Å². The molecular formula is C7H12N6. The molecule has 0 aliphatic carbocycles. The van der Waals surface area contributed by atoms with Crippen LogP contribution in [-0.2, 0) is 0 Å². The number of nitrogens with two attached hydrogens (primary N) is 2. The third-order valence-corrected chi connectivity index (χ3v) is 1.91. The summed E-state index contributed by atoms with van der Waals surface area (Å²) in [5.74, 6) is 0.730. The maximum atomic E-state index is 5.81. The molecule has 5 N–H and O–H groups in total. The summed E-state index contributed by atoms with van der Waals surface area (Å²) in [4.78, 5) is 3.07. The van der Waals surface area contributed by atoms with Crippen molar-refractivity contribution in [3.05, 3.63) is 18.1 Å². The predicted octanol–water partition coefficient (Wildman–Crippen LogP) is -0.594. The van der Waals surface area contributed by atoms with E-state index in [0.29, 0.717) is 6.54 Å². The number of nitrogens with zero attached hydrogens (tertiary/aromatic N) is 3. The summed E-state index contributed by atoms with van der Waals surface area (Å²) in [5.41, 5.74) is 12.1. The molecule has 0 spiro atoms. The SMILES string of the molecule is NCCC(N)c1nn2nccc2[nH]1. The molecule has 2 aromatic rings. The second-order valence-electron chi connectivity index (χ2n) is 2.90. The number of aromatic nitrogens is 4. The van der Waals surface area contributed by atoms with Gasteiger partial charge in [0.15, 0.2) is 5.65 Å². The van der Waals surface area contributed by atoms with Crippen LogP contribution in [0.1, 0.15) is 18.3 Å². The highest BCUT2D eigenvalue weighted by Crippen LogP contribution is 2.09. The van der Waals surface area contributed by atoms with Crippen LogP contribution >= 0.6 is 0 Å². The van der Waals surface area contributed by atoms with E-state index < -0.39 is 0 Å². The van der Waals surface area contributed by atoms with E-state index in [1.54, 1.807) is 6.20 Å². The summed E-state index contributed by atoms with van der Waals surface area (Å²) in [6, 6.07) is 1.71. The monoisotopic (exact) mass is 180 g/mol. The van der Waals surface area contributed by atoms with Gasteiger partial charge < -0.3 is 16.5 Å². The molecule has 2 heterocycles. The van der Waals surface area contributed by atoms with Crippen LogP contribution in [0.15, 0.2) is 12.3 Å². The van der Waals surface area contributed by atoms with Crippen molar-refractivity contribution in [1.29, 1.82) is 0 Å². The Morgan fingerprint density at radius 2 is 2.46 bits per heavy atom. The van der Waals surface area contributed by atoms with E-state index in [1.807, 2.05) is 6.07 Å². The van der Waals surface area contributed by atoms with Gasteiger partial charge >= 0.3 is 0 Å². The molecule has 0 aliphatic heterocycles. The van der Waals surface area contributed by atoms with Crippen molar-refractivity contribution >= 4 is 5.65 Å². The van der Waals surface area contributed by atoms with Gasteiger partial charge in [0.1, 0.15) is 5.82 Å². The van der Waals surface area contributed by atoms with Gasteiger partial charge in [-0.2, -0.15) is 5.10 Å². The van der Waals surface area contributed by atoms with Crippen molar-refractivity contribution in [2.24, 2.45) is 11.5 Å². The summed E-state index contributed by atoms with van der Waals surface area (Å²) in [6.07, 6.45) is 2.40. The lowest BCUT2D eigenvalue weighted by Crippen LogP contribution is -2.16. The third kappa shape index (κ3) is 1.41. The molecule has 0 radical (unpaired) electrons. The van der Waals surface area contributed by atoms with Gasteiger partial charge in [-0.05, 0) is 13.0 Å². The molecule has 1 unspecified atom stereocenters. The van der Waals surface area contributed by atoms with Crippen molar-refractivity contribution in [2.45, 2.75) is 12.5 Å². The zero-order valence-corrected chi connectivity index (χ0v) is 7.14. The predicted molar refractivity (Wildman–Crippen MR) is 47.9 cm³/mol. The number of H-pyrrole nitrogens is 1. The highest BCUT2D eigenvalue weighted by atomic mass is 15.5. The van der Waals surface area contributed by atoms with Gasteiger partial charge in [0, 0.05) is 6.07 Å². The molecule has 2 aromatic heterocycles. The number of aromatic amines is 1. The van der Waals surface area contributed by atoms with Gasteiger partial charge in [-0.3, -0.25) is 0 Å². The Labute approximate surface area is 74.9 Å². The number of hydrogen-bond acceptors (Lipinski definition) is 4. The number of nitrogens with one attached hydrogen (secondary N) is 1. The molecule has 0 saturated carbocycles. The molecule has 6 nitrogen and oxygen atoms in total. The lowest BCUT2D eigenvalue weighted by Gasteiger charge is -2.04. The van der Waals surface area contributed by atoms with Crippen LogP contribution in [0.4, 0.5) is 0 Å². The van der Waals surface area contributed by atoms with Crippen LogP contribution in [0.3, 0.4) is 0 Å². The summed E-state index contributed by atoms with van der Waals surface area (Å²) < 4.78 is 1.52. The van der Waals surface area contributed by atoms with Crippen LogP contribution in [-0.4, -0.2) is 26.4 Å². The topological polar surface area (TPSA) is 98.0 Å². The zero-order valence-electron chi connectivity index (χ0n) is 7.14. The molecule has 1 atom stereocenters. The largest absolute Gasteiger partial charge is 0.330 e. The molecule has 2 rings (SSSR count). The minimum atomic E-state index is -0.133. The van der Waals surface area contributed by atoms with Crippen LogP contribution in [0.5, 0.6) is 0 Å². The van der Waals surface area contributed by atoms with Crippen LogP contribution < -0.4 is 11.5 Å². The van der Waals surface area contributed by atoms with Crippen molar-refractivity contribution in [1.82, 2.24) is 19.8 Å². The number of rotatable bonds is 3. The minimum Gasteiger partial charge on any atom is -0.330 e. The Kier molecular flexibility index (Phi) is 1.99. The fourth-order valence-electron chi connectivity index (χ4n) is 1.21. The average molecular weight is 180 g/mol. The lowest BCUT2D eigenvalue weighted by atomic mass is 10.2. The molecule has 6 heteroatoms. The highest BCUT2D eigenvalue weighted by molar-refractivity contribution is 5.34. The molecule has 0 aromatic carbocycles. The first kappa shape index (κ1) is 8.21. The van der Waals surface area contributed by atoms with E-state index in [9.17, 15) is 0 Å². The van der Waals surface area contributed by atoms with Crippen LogP contribution in [0.25, 0.3) is 5.65 Å². The van der Waals surface area contributed by atoms with Gasteiger partial charge in [-0.25, -0.2) is 0 Å². The quantitative estimate of drug-likeness (QED) is 0.587. The Morgan fingerprint density at radius 3 is 3.15 bits per heavy atom. The molecule has 0 aliphatic rings. The second kappa shape index (κ2) is 3.15. The summed E-state index contributed by atoms with van der Waals surface area (Å²) in [5, 5.41) is 8.13. The fourth-order valence-corrected chi connectivity index (χ4v) is 1.21. The second-order valence-corrected chi connectivity index (χ2v) is 2.90. The molecule has 0 bridgehead atoms. The summed E-state index contributed by atoms with van der Waals surface area (Å²) >= 11 is 0. The first-order chi connectivity index (χ1) is 6.31. The van der Waals surface area contributed by atoms with E-state index in [-0.39, 0.29) is 6.04 Å². The Bertz CT molecular complexity index is 360. The lowest BCUT2D eigenvalue weighted by molar-refractivity contribution is 0.613. The van der Waals surface area contributed by atoms with Crippen molar-refractivity contribution in [2.75, 3.05) is 6.54 Å². The highest BCUT2D eigenvalue weighted by Gasteiger charge is 2.10. The zero-order chi connectivity index (χ0) is 9.26. The third-order valence-electron chi connectivity index (χ3n) is 1.91. The Morgan fingerprint density at radius 1 is 1.62 bits per heavy atom. The van der Waals surface area contributed by atoms with E-state index in [0.717, 1.165) is 17.9 Å². The molecular weight excluding hydrogens is 168 g/mol. The number of fused-ring (bicyclic) bond motifs is 1. The van der Waals surface area contributed by atoms with E-state index in [2.05, 4.69) is 15.2 Å². The maximum Gasteiger partial charge on any atom is 0.155 e. The minimum absolute atomic E-state index is 0.133. The van der Waals surface area contributed by atoms with E-state index >= 15 is 0 Å². The van der Waals surface area contributed by atoms with Gasteiger partial charge in [-0.15, -0.1) is 9.73 Å². The normalized spacial score (nSPS) is 13.7. The van der Waals surface area contributed by atoms with Crippen molar-refractivity contribution < 1.29 is 0 Å². The maximum absolute atomic E-state index is 5.81. The van der Waals surface area contributed by atoms with Crippen LogP contribution in [0, 0.1) is 0 Å². The van der Waals surface area contributed by atoms with Crippen LogP contribution in [0.2, 0.25) is 0 Å². The Hall–Kier alpha value is -1.40. The standard InChI is InChI=1S/C7H12N6/c8-3-1-5(9)7-11-6-2-4-10-13(6)12-7/h2,4-5H,1,3,8-9H2,(H,11,12). The first-order valence-electron chi connectivity index (χ1n) is 4.17. The van der Waals surface area contributed by atoms with E-state index in [4.69, 9.17) is 11.5 Å². The Balaban J connectivity index is 2.28. The molecule has 0 amide bonds. The molecule has 0 fully saturated rings. The smallest absolute Gasteiger partial charge is 0.155 e. The average Bonchev–Trinajstić information content (AvgIpc) is 2.61. The first-order valence-corrected chi connectivity index (χ1v) is 4.17. The fraction of sp³-hybridized carbons (Fsp3) is 0.429. The van der Waals surface area contributed by atoms with Crippen molar-refractivity contribution in [3.8, 4) is 0 Å². The molecule has 70 valence electrons. The summed E-state index contributed by atoms with van der Waals surface area (Å²) in [6.45, 7) is 0.560. The van der Waals surface area contributed by atoms with Gasteiger partial charge in [-0.1, -0.05) is 0 Å². The number of hydrogen-bond donors (Lipinski definition) is 3. The molecule has 0 saturated heterocycles. The van der Waals surface area contributed by atoms with Gasteiger partial charge in [0.2, 0.25) is 0 Å². The molecule has 13 heavy (non-hydrogen) atoms. The van der Waals surface area contributed by atoms with Crippen molar-refractivity contribution in [3.63, 3.8) is 0 Å². The van der Waals surface area contributed by atoms with Gasteiger partial charge in [0.05, 0.1) is 12.2 Å².